The lowest BCUT2D eigenvalue weighted by Gasteiger charge is -2.31. The minimum Gasteiger partial charge on any atom is -0.478 e. The molecule has 0 aliphatic carbocycles. The van der Waals surface area contributed by atoms with E-state index in [0.717, 1.165) is 80.2 Å². The average Bonchev–Trinajstić information content (AvgIpc) is 2.80. The minimum atomic E-state index is -0.334. The number of ether oxygens (including phenoxy) is 2. The van der Waals surface area contributed by atoms with Crippen LogP contribution in [0.2, 0.25) is 0 Å². The number of hydrogen-bond donors (Lipinski definition) is 0. The Morgan fingerprint density at radius 1 is 0.933 bits per heavy atom. The van der Waals surface area contributed by atoms with Gasteiger partial charge in [-0.15, -0.1) is 0 Å². The molecule has 2 aliphatic heterocycles. The normalized spacial score (nSPS) is 17.6. The standard InChI is InChI=1S/C24H26N2O4/c27-23-15-20(18-5-2-1-3-6-18)19-7-8-22-21(24(19)30-23)16-26(17-29-22)10-4-9-25-11-13-28-14-12-25/h1-3,5-8,15H,4,9-14,16-17H2. The van der Waals surface area contributed by atoms with E-state index in [1.165, 1.54) is 0 Å². The summed E-state index contributed by atoms with van der Waals surface area (Å²) >= 11 is 0. The molecule has 1 saturated heterocycles. The van der Waals surface area contributed by atoms with Crippen LogP contribution in [0.15, 0.2) is 57.7 Å². The second-order valence-corrected chi connectivity index (χ2v) is 7.90. The Bertz CT molecular complexity index is 1070. The van der Waals surface area contributed by atoms with Crippen molar-refractivity contribution >= 4 is 11.0 Å². The van der Waals surface area contributed by atoms with Crippen molar-refractivity contribution in [2.75, 3.05) is 46.1 Å². The molecule has 156 valence electrons. The highest BCUT2D eigenvalue weighted by Gasteiger charge is 2.23. The summed E-state index contributed by atoms with van der Waals surface area (Å²) in [4.78, 5) is 17.1. The summed E-state index contributed by atoms with van der Waals surface area (Å²) in [7, 11) is 0. The third-order valence-electron chi connectivity index (χ3n) is 5.89. The molecule has 3 aromatic rings. The average molecular weight is 406 g/mol. The molecule has 0 unspecified atom stereocenters. The molecule has 0 atom stereocenters. The summed E-state index contributed by atoms with van der Waals surface area (Å²) < 4.78 is 17.1. The first-order valence-electron chi connectivity index (χ1n) is 10.6. The quantitative estimate of drug-likeness (QED) is 0.606. The van der Waals surface area contributed by atoms with E-state index >= 15 is 0 Å². The molecule has 0 amide bonds. The summed E-state index contributed by atoms with van der Waals surface area (Å²) in [6.45, 7) is 6.96. The Morgan fingerprint density at radius 3 is 2.57 bits per heavy atom. The van der Waals surface area contributed by atoms with E-state index in [9.17, 15) is 4.79 Å². The molecule has 0 radical (unpaired) electrons. The van der Waals surface area contributed by atoms with Crippen LogP contribution in [-0.4, -0.2) is 55.9 Å². The molecule has 2 aromatic carbocycles. The molecule has 6 nitrogen and oxygen atoms in total. The van der Waals surface area contributed by atoms with Crippen LogP contribution in [0, 0.1) is 0 Å². The molecular weight excluding hydrogens is 380 g/mol. The first kappa shape index (κ1) is 19.3. The van der Waals surface area contributed by atoms with Crippen LogP contribution in [0.4, 0.5) is 0 Å². The summed E-state index contributed by atoms with van der Waals surface area (Å²) in [5.74, 6) is 0.806. The lowest BCUT2D eigenvalue weighted by molar-refractivity contribution is 0.0330. The second-order valence-electron chi connectivity index (χ2n) is 7.90. The highest BCUT2D eigenvalue weighted by Crippen LogP contribution is 2.36. The van der Waals surface area contributed by atoms with E-state index in [0.29, 0.717) is 12.3 Å². The van der Waals surface area contributed by atoms with E-state index in [4.69, 9.17) is 13.9 Å². The molecule has 1 fully saturated rings. The Morgan fingerprint density at radius 2 is 1.73 bits per heavy atom. The van der Waals surface area contributed by atoms with Crippen LogP contribution < -0.4 is 10.4 Å². The molecule has 0 bridgehead atoms. The van der Waals surface area contributed by atoms with Crippen molar-refractivity contribution in [3.8, 4) is 16.9 Å². The summed E-state index contributed by atoms with van der Waals surface area (Å²) in [6.07, 6.45) is 1.07. The number of fused-ring (bicyclic) bond motifs is 3. The van der Waals surface area contributed by atoms with Crippen molar-refractivity contribution in [3.05, 3.63) is 64.5 Å². The predicted molar refractivity (Wildman–Crippen MR) is 116 cm³/mol. The molecular formula is C24H26N2O4. The van der Waals surface area contributed by atoms with Crippen LogP contribution in [-0.2, 0) is 11.3 Å². The van der Waals surface area contributed by atoms with Gasteiger partial charge in [-0.3, -0.25) is 9.80 Å². The largest absolute Gasteiger partial charge is 0.478 e. The zero-order valence-electron chi connectivity index (χ0n) is 17.0. The Balaban J connectivity index is 1.39. The Labute approximate surface area is 175 Å². The van der Waals surface area contributed by atoms with Crippen molar-refractivity contribution in [3.63, 3.8) is 0 Å². The van der Waals surface area contributed by atoms with Gasteiger partial charge in [0.15, 0.2) is 0 Å². The molecule has 30 heavy (non-hydrogen) atoms. The van der Waals surface area contributed by atoms with Gasteiger partial charge in [-0.05, 0) is 36.2 Å². The fourth-order valence-corrected chi connectivity index (χ4v) is 4.32. The molecule has 3 heterocycles. The number of hydrogen-bond acceptors (Lipinski definition) is 6. The number of benzene rings is 2. The molecule has 1 aromatic heterocycles. The fraction of sp³-hybridized carbons (Fsp3) is 0.375. The maximum absolute atomic E-state index is 12.4. The topological polar surface area (TPSA) is 55.2 Å². The predicted octanol–water partition coefficient (Wildman–Crippen LogP) is 3.33. The van der Waals surface area contributed by atoms with Crippen molar-refractivity contribution in [1.82, 2.24) is 9.80 Å². The number of rotatable bonds is 5. The SMILES string of the molecule is O=c1cc(-c2ccccc2)c2ccc3c(c2o1)CN(CCCN1CCOCC1)CO3. The highest BCUT2D eigenvalue weighted by atomic mass is 16.5. The monoisotopic (exact) mass is 406 g/mol. The van der Waals surface area contributed by atoms with Gasteiger partial charge < -0.3 is 13.9 Å². The van der Waals surface area contributed by atoms with Crippen LogP contribution >= 0.6 is 0 Å². The molecule has 2 aliphatic rings. The molecule has 0 N–H and O–H groups in total. The van der Waals surface area contributed by atoms with Gasteiger partial charge in [0.25, 0.3) is 0 Å². The van der Waals surface area contributed by atoms with Crippen molar-refractivity contribution < 1.29 is 13.9 Å². The van der Waals surface area contributed by atoms with Crippen molar-refractivity contribution in [2.24, 2.45) is 0 Å². The van der Waals surface area contributed by atoms with E-state index in [1.807, 2.05) is 42.5 Å². The first-order valence-corrected chi connectivity index (χ1v) is 10.6. The van der Waals surface area contributed by atoms with Gasteiger partial charge >= 0.3 is 5.63 Å². The van der Waals surface area contributed by atoms with Gasteiger partial charge in [0.1, 0.15) is 18.1 Å². The van der Waals surface area contributed by atoms with E-state index in [-0.39, 0.29) is 5.63 Å². The molecule has 0 spiro atoms. The third kappa shape index (κ3) is 3.99. The smallest absolute Gasteiger partial charge is 0.336 e. The lowest BCUT2D eigenvalue weighted by atomic mass is 9.99. The van der Waals surface area contributed by atoms with Crippen molar-refractivity contribution in [1.29, 1.82) is 0 Å². The number of morpholine rings is 1. The molecule has 0 saturated carbocycles. The second kappa shape index (κ2) is 8.60. The summed E-state index contributed by atoms with van der Waals surface area (Å²) in [5, 5.41) is 0.943. The van der Waals surface area contributed by atoms with E-state index < -0.39 is 0 Å². The van der Waals surface area contributed by atoms with Crippen LogP contribution in [0.5, 0.6) is 5.75 Å². The Kier molecular flexibility index (Phi) is 5.53. The minimum absolute atomic E-state index is 0.334. The van der Waals surface area contributed by atoms with Gasteiger partial charge in [-0.2, -0.15) is 0 Å². The summed E-state index contributed by atoms with van der Waals surface area (Å²) in [6, 6.07) is 15.5. The zero-order valence-corrected chi connectivity index (χ0v) is 17.0. The fourth-order valence-electron chi connectivity index (χ4n) is 4.32. The first-order chi connectivity index (χ1) is 14.8. The summed E-state index contributed by atoms with van der Waals surface area (Å²) in [5.41, 5.74) is 3.17. The zero-order chi connectivity index (χ0) is 20.3. The highest BCUT2D eigenvalue weighted by molar-refractivity contribution is 5.95. The Hall–Kier alpha value is -2.67. The van der Waals surface area contributed by atoms with Gasteiger partial charge in [0.05, 0.1) is 18.8 Å². The van der Waals surface area contributed by atoms with Crippen LogP contribution in [0.3, 0.4) is 0 Å². The van der Waals surface area contributed by atoms with Gasteiger partial charge in [0, 0.05) is 37.6 Å². The molecule has 5 rings (SSSR count). The van der Waals surface area contributed by atoms with Crippen LogP contribution in [0.25, 0.3) is 22.1 Å². The molecule has 6 heteroatoms. The van der Waals surface area contributed by atoms with Gasteiger partial charge in [-0.25, -0.2) is 4.79 Å². The van der Waals surface area contributed by atoms with Gasteiger partial charge in [0.2, 0.25) is 0 Å². The van der Waals surface area contributed by atoms with Crippen LogP contribution in [0.1, 0.15) is 12.0 Å². The maximum atomic E-state index is 12.4. The maximum Gasteiger partial charge on any atom is 0.336 e. The third-order valence-corrected chi connectivity index (χ3v) is 5.89. The number of nitrogens with zero attached hydrogens (tertiary/aromatic N) is 2. The lowest BCUT2D eigenvalue weighted by Crippen LogP contribution is -2.39. The van der Waals surface area contributed by atoms with E-state index in [1.54, 1.807) is 6.07 Å². The van der Waals surface area contributed by atoms with Crippen molar-refractivity contribution in [2.45, 2.75) is 13.0 Å². The van der Waals surface area contributed by atoms with Gasteiger partial charge in [-0.1, -0.05) is 30.3 Å². The van der Waals surface area contributed by atoms with E-state index in [2.05, 4.69) is 9.80 Å².